The molecule has 0 spiro atoms. The number of aliphatic imine (C=N–C) groups is 1. The molecule has 19 heavy (non-hydrogen) atoms. The molecule has 1 aromatic carbocycles. The van der Waals surface area contributed by atoms with Crippen molar-refractivity contribution in [3.8, 4) is 0 Å². The Hall–Kier alpha value is -1.82. The summed E-state index contributed by atoms with van der Waals surface area (Å²) in [7, 11) is -1.62. The molecule has 0 aliphatic rings. The van der Waals surface area contributed by atoms with Gasteiger partial charge in [0.2, 0.25) is 0 Å². The lowest BCUT2D eigenvalue weighted by Crippen LogP contribution is -2.39. The van der Waals surface area contributed by atoms with Crippen molar-refractivity contribution < 1.29 is 8.42 Å². The minimum absolute atomic E-state index is 0.0196. The average Bonchev–Trinajstić information content (AvgIpc) is 2.43. The second-order valence-corrected chi connectivity index (χ2v) is 5.91. The quantitative estimate of drug-likeness (QED) is 0.460. The van der Waals surface area contributed by atoms with Crippen LogP contribution < -0.4 is 10.6 Å². The molecule has 0 radical (unpaired) electrons. The van der Waals surface area contributed by atoms with Crippen LogP contribution in [0.1, 0.15) is 0 Å². The number of hydrogen-bond donors (Lipinski definition) is 2. The van der Waals surface area contributed by atoms with Crippen molar-refractivity contribution >= 4 is 15.8 Å². The maximum atomic E-state index is 12.0. The van der Waals surface area contributed by atoms with E-state index in [9.17, 15) is 8.42 Å². The first-order valence-corrected chi connectivity index (χ1v) is 7.58. The smallest absolute Gasteiger partial charge is 0.191 e. The van der Waals surface area contributed by atoms with Gasteiger partial charge in [0.15, 0.2) is 15.8 Å². The zero-order valence-corrected chi connectivity index (χ0v) is 11.8. The van der Waals surface area contributed by atoms with Crippen LogP contribution in [0, 0.1) is 0 Å². The highest BCUT2D eigenvalue weighted by Crippen LogP contribution is 2.08. The molecule has 1 aromatic rings. The van der Waals surface area contributed by atoms with Crippen molar-refractivity contribution in [2.24, 2.45) is 4.99 Å². The van der Waals surface area contributed by atoms with E-state index < -0.39 is 9.84 Å². The Labute approximate surface area is 114 Å². The Bertz CT molecular complexity index is 524. The zero-order valence-electron chi connectivity index (χ0n) is 11.0. The molecule has 104 valence electrons. The second kappa shape index (κ2) is 7.58. The van der Waals surface area contributed by atoms with Crippen molar-refractivity contribution in [2.75, 3.05) is 25.9 Å². The van der Waals surface area contributed by atoms with Gasteiger partial charge in [-0.2, -0.15) is 0 Å². The fourth-order valence-corrected chi connectivity index (χ4v) is 2.62. The molecule has 0 bridgehead atoms. The van der Waals surface area contributed by atoms with E-state index in [0.717, 1.165) is 0 Å². The normalized spacial score (nSPS) is 11.9. The van der Waals surface area contributed by atoms with Gasteiger partial charge in [0, 0.05) is 20.1 Å². The van der Waals surface area contributed by atoms with Crippen LogP contribution in [0.3, 0.4) is 0 Å². The summed E-state index contributed by atoms with van der Waals surface area (Å²) in [5.74, 6) is 0.578. The van der Waals surface area contributed by atoms with Gasteiger partial charge in [-0.3, -0.25) is 4.99 Å². The van der Waals surface area contributed by atoms with Gasteiger partial charge in [0.25, 0.3) is 0 Å². The van der Waals surface area contributed by atoms with Gasteiger partial charge in [-0.25, -0.2) is 8.42 Å². The molecular weight excluding hydrogens is 262 g/mol. The molecule has 6 heteroatoms. The summed E-state index contributed by atoms with van der Waals surface area (Å²) in [6, 6.07) is 8.41. The Morgan fingerprint density at radius 2 is 2.00 bits per heavy atom. The van der Waals surface area contributed by atoms with E-state index in [-0.39, 0.29) is 5.75 Å². The van der Waals surface area contributed by atoms with Crippen LogP contribution >= 0.6 is 0 Å². The summed E-state index contributed by atoms with van der Waals surface area (Å²) in [5, 5.41) is 5.91. The van der Waals surface area contributed by atoms with E-state index >= 15 is 0 Å². The minimum Gasteiger partial charge on any atom is -0.355 e. The molecular formula is C13H19N3O2S. The first-order chi connectivity index (χ1) is 9.10. The Kier molecular flexibility index (Phi) is 6.08. The number of guanidine groups is 1. The third kappa shape index (κ3) is 5.13. The molecule has 1 rings (SSSR count). The van der Waals surface area contributed by atoms with Crippen LogP contribution in [-0.2, 0) is 9.84 Å². The van der Waals surface area contributed by atoms with E-state index in [1.165, 1.54) is 0 Å². The lowest BCUT2D eigenvalue weighted by Gasteiger charge is -2.10. The summed E-state index contributed by atoms with van der Waals surface area (Å²) in [5.41, 5.74) is 0. The predicted octanol–water partition coefficient (Wildman–Crippen LogP) is 0.811. The van der Waals surface area contributed by atoms with E-state index in [2.05, 4.69) is 22.2 Å². The van der Waals surface area contributed by atoms with Crippen molar-refractivity contribution in [3.63, 3.8) is 0 Å². The van der Waals surface area contributed by atoms with Crippen molar-refractivity contribution in [2.45, 2.75) is 4.90 Å². The molecule has 0 aromatic heterocycles. The van der Waals surface area contributed by atoms with Gasteiger partial charge in [0.1, 0.15) is 0 Å². The Morgan fingerprint density at radius 3 is 2.58 bits per heavy atom. The first kappa shape index (κ1) is 15.2. The molecule has 5 nitrogen and oxygen atoms in total. The molecule has 0 saturated carbocycles. The van der Waals surface area contributed by atoms with Gasteiger partial charge in [-0.05, 0) is 12.1 Å². The van der Waals surface area contributed by atoms with Crippen molar-refractivity contribution in [3.05, 3.63) is 43.0 Å². The molecule has 2 N–H and O–H groups in total. The second-order valence-electron chi connectivity index (χ2n) is 3.80. The van der Waals surface area contributed by atoms with Crippen LogP contribution in [0.4, 0.5) is 0 Å². The monoisotopic (exact) mass is 281 g/mol. The van der Waals surface area contributed by atoms with E-state index in [4.69, 9.17) is 0 Å². The van der Waals surface area contributed by atoms with Crippen LogP contribution in [-0.4, -0.2) is 40.3 Å². The summed E-state index contributed by atoms with van der Waals surface area (Å²) in [6.45, 7) is 4.46. The molecule has 0 aliphatic carbocycles. The topological polar surface area (TPSA) is 70.6 Å². The van der Waals surface area contributed by atoms with E-state index in [0.29, 0.717) is 23.9 Å². The van der Waals surface area contributed by atoms with Crippen LogP contribution in [0.2, 0.25) is 0 Å². The van der Waals surface area contributed by atoms with Gasteiger partial charge in [-0.1, -0.05) is 24.3 Å². The van der Waals surface area contributed by atoms with Crippen LogP contribution in [0.25, 0.3) is 0 Å². The van der Waals surface area contributed by atoms with Gasteiger partial charge in [-0.15, -0.1) is 6.58 Å². The largest absolute Gasteiger partial charge is 0.355 e. The molecule has 0 atom stereocenters. The fourth-order valence-electron chi connectivity index (χ4n) is 1.44. The SMILES string of the molecule is C=CCNC(=NC)NCCS(=O)(=O)c1ccccc1. The number of benzene rings is 1. The number of hydrogen-bond acceptors (Lipinski definition) is 3. The maximum Gasteiger partial charge on any atom is 0.191 e. The lowest BCUT2D eigenvalue weighted by atomic mass is 10.4. The van der Waals surface area contributed by atoms with E-state index in [1.54, 1.807) is 43.5 Å². The number of nitrogens with zero attached hydrogens (tertiary/aromatic N) is 1. The Morgan fingerprint density at radius 1 is 1.32 bits per heavy atom. The van der Waals surface area contributed by atoms with Gasteiger partial charge >= 0.3 is 0 Å². The molecule has 0 unspecified atom stereocenters. The first-order valence-electron chi connectivity index (χ1n) is 5.93. The van der Waals surface area contributed by atoms with Crippen LogP contribution in [0.5, 0.6) is 0 Å². The van der Waals surface area contributed by atoms with Crippen molar-refractivity contribution in [1.29, 1.82) is 0 Å². The highest BCUT2D eigenvalue weighted by molar-refractivity contribution is 7.91. The summed E-state index contributed by atoms with van der Waals surface area (Å²) in [6.07, 6.45) is 1.70. The number of sulfone groups is 1. The third-order valence-corrected chi connectivity index (χ3v) is 4.13. The van der Waals surface area contributed by atoms with Gasteiger partial charge in [0.05, 0.1) is 10.6 Å². The van der Waals surface area contributed by atoms with Gasteiger partial charge < -0.3 is 10.6 Å². The highest BCUT2D eigenvalue weighted by atomic mass is 32.2. The zero-order chi connectivity index (χ0) is 14.1. The minimum atomic E-state index is -3.25. The van der Waals surface area contributed by atoms with Crippen molar-refractivity contribution in [1.82, 2.24) is 10.6 Å². The number of rotatable bonds is 6. The number of nitrogens with one attached hydrogen (secondary N) is 2. The fraction of sp³-hybridized carbons (Fsp3) is 0.308. The molecule has 0 amide bonds. The third-order valence-electron chi connectivity index (χ3n) is 2.40. The molecule has 0 fully saturated rings. The summed E-state index contributed by atoms with van der Waals surface area (Å²) < 4.78 is 24.0. The molecule has 0 aliphatic heterocycles. The van der Waals surface area contributed by atoms with E-state index in [1.807, 2.05) is 0 Å². The lowest BCUT2D eigenvalue weighted by molar-refractivity contribution is 0.594. The Balaban J connectivity index is 2.51. The standard InChI is InChI=1S/C13H19N3O2S/c1-3-9-15-13(14-2)16-10-11-19(17,18)12-7-5-4-6-8-12/h3-8H,1,9-11H2,2H3,(H2,14,15,16). The predicted molar refractivity (Wildman–Crippen MR) is 78.1 cm³/mol. The molecule has 0 heterocycles. The summed E-state index contributed by atoms with van der Waals surface area (Å²) >= 11 is 0. The van der Waals surface area contributed by atoms with Crippen LogP contribution in [0.15, 0.2) is 52.9 Å². The summed E-state index contributed by atoms with van der Waals surface area (Å²) in [4.78, 5) is 4.31. The maximum absolute atomic E-state index is 12.0. The highest BCUT2D eigenvalue weighted by Gasteiger charge is 2.13. The molecule has 0 saturated heterocycles. The average molecular weight is 281 g/mol.